The highest BCUT2D eigenvalue weighted by Gasteiger charge is 2.04. The Kier molecular flexibility index (Phi) is 12.5. The monoisotopic (exact) mass is 282 g/mol. The second-order valence-corrected chi connectivity index (χ2v) is 6.89. The molecule has 0 aromatic carbocycles. The summed E-state index contributed by atoms with van der Waals surface area (Å²) >= 11 is 0. The normalized spacial score (nSPS) is 24.4. The molecule has 0 radical (unpaired) electrons. The van der Waals surface area contributed by atoms with Gasteiger partial charge in [0.15, 0.2) is 0 Å². The fraction of sp³-hybridized carbons (Fsp3) is 1.00. The van der Waals surface area contributed by atoms with E-state index in [0.717, 1.165) is 12.8 Å². The van der Waals surface area contributed by atoms with E-state index in [4.69, 9.17) is 0 Å². The fourth-order valence-electron chi connectivity index (χ4n) is 3.38. The van der Waals surface area contributed by atoms with Crippen LogP contribution in [-0.2, 0) is 0 Å². The van der Waals surface area contributed by atoms with E-state index in [0.29, 0.717) is 0 Å². The van der Waals surface area contributed by atoms with Crippen LogP contribution in [0.2, 0.25) is 0 Å². The highest BCUT2D eigenvalue weighted by atomic mass is 16.3. The molecular formula is C19H38O. The van der Waals surface area contributed by atoms with Gasteiger partial charge in [-0.25, -0.2) is 0 Å². The lowest BCUT2D eigenvalue weighted by atomic mass is 10.0. The third-order valence-corrected chi connectivity index (χ3v) is 4.82. The Morgan fingerprint density at radius 3 is 0.800 bits per heavy atom. The molecule has 1 saturated carbocycles. The predicted molar refractivity (Wildman–Crippen MR) is 89.1 cm³/mol. The predicted octanol–water partition coefficient (Wildman–Crippen LogP) is 6.38. The van der Waals surface area contributed by atoms with Crippen LogP contribution in [0.4, 0.5) is 0 Å². The van der Waals surface area contributed by atoms with Crippen molar-refractivity contribution in [1.82, 2.24) is 0 Å². The van der Waals surface area contributed by atoms with Crippen LogP contribution in [-0.4, -0.2) is 11.2 Å². The molecule has 1 rings (SSSR count). The third kappa shape index (κ3) is 11.8. The second kappa shape index (κ2) is 13.9. The van der Waals surface area contributed by atoms with Gasteiger partial charge in [-0.15, -0.1) is 0 Å². The van der Waals surface area contributed by atoms with Crippen molar-refractivity contribution in [3.05, 3.63) is 0 Å². The minimum Gasteiger partial charge on any atom is -0.393 e. The molecule has 0 heterocycles. The highest BCUT2D eigenvalue weighted by molar-refractivity contribution is 4.58. The molecule has 1 nitrogen and oxygen atoms in total. The summed E-state index contributed by atoms with van der Waals surface area (Å²) in [7, 11) is 0. The zero-order valence-electron chi connectivity index (χ0n) is 13.8. The molecule has 1 N–H and O–H groups in total. The Bertz CT molecular complexity index is 170. The first-order valence-electron chi connectivity index (χ1n) is 9.57. The molecule has 1 fully saturated rings. The molecule has 0 saturated heterocycles. The van der Waals surface area contributed by atoms with Crippen molar-refractivity contribution < 1.29 is 5.11 Å². The lowest BCUT2D eigenvalue weighted by Gasteiger charge is -2.10. The smallest absolute Gasteiger partial charge is 0.0540 e. The average molecular weight is 283 g/mol. The van der Waals surface area contributed by atoms with Crippen molar-refractivity contribution in [3.8, 4) is 0 Å². The maximum Gasteiger partial charge on any atom is 0.0540 e. The second-order valence-electron chi connectivity index (χ2n) is 6.89. The number of aliphatic hydroxyl groups is 1. The largest absolute Gasteiger partial charge is 0.393 e. The molecule has 0 spiro atoms. The number of rotatable bonds is 0. The Labute approximate surface area is 127 Å². The van der Waals surface area contributed by atoms with Gasteiger partial charge in [-0.05, 0) is 12.8 Å². The van der Waals surface area contributed by atoms with Crippen LogP contribution in [0.25, 0.3) is 0 Å². The van der Waals surface area contributed by atoms with E-state index >= 15 is 0 Å². The summed E-state index contributed by atoms with van der Waals surface area (Å²) in [5, 5.41) is 9.94. The van der Waals surface area contributed by atoms with Gasteiger partial charge < -0.3 is 5.11 Å². The number of hydrogen-bond donors (Lipinski definition) is 1. The first-order chi connectivity index (χ1) is 9.89. The summed E-state index contributed by atoms with van der Waals surface area (Å²) in [4.78, 5) is 0. The fourth-order valence-corrected chi connectivity index (χ4v) is 3.38. The average Bonchev–Trinajstić information content (AvgIpc) is 2.45. The SMILES string of the molecule is OC1CCCCCCCCCCCCCCCCCC1. The van der Waals surface area contributed by atoms with Crippen LogP contribution in [0.1, 0.15) is 116 Å². The first-order valence-corrected chi connectivity index (χ1v) is 9.57. The van der Waals surface area contributed by atoms with Crippen LogP contribution in [0.3, 0.4) is 0 Å². The van der Waals surface area contributed by atoms with Crippen LogP contribution in [0.5, 0.6) is 0 Å². The summed E-state index contributed by atoms with van der Waals surface area (Å²) in [5.41, 5.74) is 0. The number of aliphatic hydroxyl groups excluding tert-OH is 1. The van der Waals surface area contributed by atoms with E-state index in [9.17, 15) is 5.11 Å². The Hall–Kier alpha value is -0.0400. The van der Waals surface area contributed by atoms with Crippen molar-refractivity contribution >= 4 is 0 Å². The van der Waals surface area contributed by atoms with Gasteiger partial charge in [0, 0.05) is 0 Å². The first kappa shape index (κ1) is 18.0. The molecule has 0 aliphatic heterocycles. The molecule has 120 valence electrons. The minimum absolute atomic E-state index is 0.0166. The summed E-state index contributed by atoms with van der Waals surface area (Å²) < 4.78 is 0. The molecule has 1 aliphatic rings. The Morgan fingerprint density at radius 1 is 0.350 bits per heavy atom. The summed E-state index contributed by atoms with van der Waals surface area (Å²) in [6.45, 7) is 0. The van der Waals surface area contributed by atoms with E-state index in [1.54, 1.807) is 0 Å². The molecule has 0 aromatic heterocycles. The zero-order chi connectivity index (χ0) is 14.3. The maximum absolute atomic E-state index is 9.94. The van der Waals surface area contributed by atoms with Gasteiger partial charge in [0.1, 0.15) is 0 Å². The van der Waals surface area contributed by atoms with Crippen molar-refractivity contribution in [2.24, 2.45) is 0 Å². The molecule has 1 aliphatic carbocycles. The molecule has 0 atom stereocenters. The molecule has 0 aromatic rings. The zero-order valence-corrected chi connectivity index (χ0v) is 13.8. The molecule has 20 heavy (non-hydrogen) atoms. The van der Waals surface area contributed by atoms with Crippen LogP contribution in [0, 0.1) is 0 Å². The lowest BCUT2D eigenvalue weighted by Crippen LogP contribution is -2.05. The van der Waals surface area contributed by atoms with Crippen molar-refractivity contribution in [1.29, 1.82) is 0 Å². The van der Waals surface area contributed by atoms with Crippen LogP contribution < -0.4 is 0 Å². The van der Waals surface area contributed by atoms with Crippen molar-refractivity contribution in [3.63, 3.8) is 0 Å². The van der Waals surface area contributed by atoms with E-state index < -0.39 is 0 Å². The summed E-state index contributed by atoms with van der Waals surface area (Å²) in [6.07, 6.45) is 24.4. The van der Waals surface area contributed by atoms with Gasteiger partial charge in [0.05, 0.1) is 6.10 Å². The lowest BCUT2D eigenvalue weighted by molar-refractivity contribution is 0.147. The molecule has 0 amide bonds. The summed E-state index contributed by atoms with van der Waals surface area (Å²) in [6, 6.07) is 0. The van der Waals surface area contributed by atoms with Gasteiger partial charge in [0.2, 0.25) is 0 Å². The van der Waals surface area contributed by atoms with Crippen molar-refractivity contribution in [2.45, 2.75) is 122 Å². The quantitative estimate of drug-likeness (QED) is 0.546. The summed E-state index contributed by atoms with van der Waals surface area (Å²) in [5.74, 6) is 0. The molecule has 0 unspecified atom stereocenters. The standard InChI is InChI=1S/C19H38O/c20-19-17-15-13-11-9-7-5-3-1-2-4-6-8-10-12-14-16-18-19/h19-20H,1-18H2. The van der Waals surface area contributed by atoms with E-state index in [1.807, 2.05) is 0 Å². The maximum atomic E-state index is 9.94. The molecule has 0 bridgehead atoms. The third-order valence-electron chi connectivity index (χ3n) is 4.82. The van der Waals surface area contributed by atoms with Crippen molar-refractivity contribution in [2.75, 3.05) is 0 Å². The Morgan fingerprint density at radius 2 is 0.550 bits per heavy atom. The van der Waals surface area contributed by atoms with E-state index in [1.165, 1.54) is 103 Å². The van der Waals surface area contributed by atoms with Gasteiger partial charge in [-0.2, -0.15) is 0 Å². The minimum atomic E-state index is -0.0166. The highest BCUT2D eigenvalue weighted by Crippen LogP contribution is 2.16. The topological polar surface area (TPSA) is 20.2 Å². The number of hydrogen-bond acceptors (Lipinski definition) is 1. The van der Waals surface area contributed by atoms with Crippen LogP contribution >= 0.6 is 0 Å². The van der Waals surface area contributed by atoms with Gasteiger partial charge in [-0.1, -0.05) is 103 Å². The van der Waals surface area contributed by atoms with Crippen LogP contribution in [0.15, 0.2) is 0 Å². The van der Waals surface area contributed by atoms with E-state index in [2.05, 4.69) is 0 Å². The van der Waals surface area contributed by atoms with Gasteiger partial charge in [0.25, 0.3) is 0 Å². The van der Waals surface area contributed by atoms with Gasteiger partial charge >= 0.3 is 0 Å². The molecular weight excluding hydrogens is 244 g/mol. The Balaban J connectivity index is 2.09. The van der Waals surface area contributed by atoms with Gasteiger partial charge in [-0.3, -0.25) is 0 Å². The van der Waals surface area contributed by atoms with E-state index in [-0.39, 0.29) is 6.10 Å². The molecule has 1 heteroatoms.